The molecular weight excluding hydrogens is 606 g/mol. The highest BCUT2D eigenvalue weighted by Crippen LogP contribution is 2.28. The average molecular weight is 648 g/mol. The normalized spacial score (nSPS) is 13.3. The predicted octanol–water partition coefficient (Wildman–Crippen LogP) is 5.95. The van der Waals surface area contributed by atoms with E-state index < -0.39 is 0 Å². The van der Waals surface area contributed by atoms with Gasteiger partial charge < -0.3 is 33.9 Å². The average Bonchev–Trinajstić information content (AvgIpc) is 3.16. The molecule has 0 atom stereocenters. The summed E-state index contributed by atoms with van der Waals surface area (Å²) in [4.78, 5) is 15.3. The van der Waals surface area contributed by atoms with Crippen LogP contribution in [0.5, 0.6) is 28.9 Å². The Balaban J connectivity index is 0.000000177. The van der Waals surface area contributed by atoms with Crippen LogP contribution in [0.15, 0.2) is 91.4 Å². The van der Waals surface area contributed by atoms with Crippen LogP contribution in [0.25, 0.3) is 0 Å². The predicted molar refractivity (Wildman–Crippen MR) is 184 cm³/mol. The van der Waals surface area contributed by atoms with Crippen molar-refractivity contribution in [2.45, 2.75) is 39.1 Å². The lowest BCUT2D eigenvalue weighted by atomic mass is 9.99. The molecule has 0 spiro atoms. The molecule has 10 nitrogen and oxygen atoms in total. The molecule has 0 saturated carbocycles. The zero-order valence-corrected chi connectivity index (χ0v) is 27.6. The van der Waals surface area contributed by atoms with Crippen LogP contribution in [-0.2, 0) is 39.1 Å². The fourth-order valence-corrected chi connectivity index (χ4v) is 5.62. The first-order valence-electron chi connectivity index (χ1n) is 16.0. The summed E-state index contributed by atoms with van der Waals surface area (Å²) in [6.45, 7) is 4.68. The van der Waals surface area contributed by atoms with Gasteiger partial charge in [-0.1, -0.05) is 12.1 Å². The molecule has 2 aliphatic heterocycles. The van der Waals surface area contributed by atoms with Crippen LogP contribution < -0.4 is 33.9 Å². The SMILES string of the molecule is COc1ccc(COc2ccc3c(c2)CN(c2ccc(OC)nc2)CC3)nc1.COc1ccc(COc2ccc3c(c2)CNCC3)nc1. The zero-order valence-electron chi connectivity index (χ0n) is 27.6. The highest BCUT2D eigenvalue weighted by molar-refractivity contribution is 5.50. The van der Waals surface area contributed by atoms with E-state index in [0.717, 1.165) is 79.1 Å². The van der Waals surface area contributed by atoms with Gasteiger partial charge in [0.05, 0.1) is 57.0 Å². The Labute approximate surface area is 281 Å². The highest BCUT2D eigenvalue weighted by atomic mass is 16.5. The Hall–Kier alpha value is -5.35. The second-order valence-corrected chi connectivity index (χ2v) is 11.5. The van der Waals surface area contributed by atoms with Crippen LogP contribution in [-0.4, -0.2) is 49.4 Å². The third-order valence-corrected chi connectivity index (χ3v) is 8.39. The molecule has 2 aliphatic rings. The number of hydrogen-bond donors (Lipinski definition) is 1. The number of fused-ring (bicyclic) bond motifs is 2. The lowest BCUT2D eigenvalue weighted by molar-refractivity contribution is 0.300. The van der Waals surface area contributed by atoms with Crippen LogP contribution in [0, 0.1) is 0 Å². The number of hydrogen-bond acceptors (Lipinski definition) is 10. The molecule has 0 bridgehead atoms. The van der Waals surface area contributed by atoms with Crippen molar-refractivity contribution in [1.82, 2.24) is 20.3 Å². The number of pyridine rings is 3. The lowest BCUT2D eigenvalue weighted by Crippen LogP contribution is -2.30. The molecule has 0 fully saturated rings. The number of rotatable bonds is 10. The summed E-state index contributed by atoms with van der Waals surface area (Å²) in [7, 11) is 4.89. The van der Waals surface area contributed by atoms with Gasteiger partial charge in [-0.2, -0.15) is 0 Å². The maximum absolute atomic E-state index is 5.95. The van der Waals surface area contributed by atoms with Crippen molar-refractivity contribution in [3.8, 4) is 28.9 Å². The van der Waals surface area contributed by atoms with Crippen molar-refractivity contribution in [3.05, 3.63) is 125 Å². The van der Waals surface area contributed by atoms with Gasteiger partial charge in [-0.15, -0.1) is 0 Å². The van der Waals surface area contributed by atoms with Crippen molar-refractivity contribution < 1.29 is 23.7 Å². The van der Waals surface area contributed by atoms with E-state index in [2.05, 4.69) is 49.4 Å². The molecule has 0 amide bonds. The summed E-state index contributed by atoms with van der Waals surface area (Å²) in [6, 6.07) is 24.2. The van der Waals surface area contributed by atoms with E-state index >= 15 is 0 Å². The first-order valence-corrected chi connectivity index (χ1v) is 16.0. The molecule has 3 aromatic heterocycles. The molecule has 7 rings (SSSR count). The number of aromatic nitrogens is 3. The van der Waals surface area contributed by atoms with Crippen LogP contribution in [0.1, 0.15) is 33.6 Å². The molecule has 0 radical (unpaired) electrons. The van der Waals surface area contributed by atoms with E-state index in [1.807, 2.05) is 54.7 Å². The number of nitrogens with zero attached hydrogens (tertiary/aromatic N) is 4. The van der Waals surface area contributed by atoms with Crippen LogP contribution in [0.2, 0.25) is 0 Å². The standard InChI is InChI=1S/C22H23N3O3.C16H18N2O2/c1-26-21-7-4-18(23-13-21)15-28-20-6-3-16-9-10-25(14-17(16)11-20)19-5-8-22(27-2)24-12-19;1-19-16-5-3-14(18-10-16)11-20-15-4-2-12-6-7-17-9-13(12)8-15/h3-8,11-13H,9-10,14-15H2,1-2H3;2-5,8,10,17H,6-7,9,11H2,1H3. The number of ether oxygens (including phenoxy) is 5. The summed E-state index contributed by atoms with van der Waals surface area (Å²) in [5, 5.41) is 3.37. The monoisotopic (exact) mass is 647 g/mol. The third kappa shape index (κ3) is 8.51. The van der Waals surface area contributed by atoms with Crippen molar-refractivity contribution >= 4 is 5.69 Å². The van der Waals surface area contributed by atoms with Gasteiger partial charge in [-0.3, -0.25) is 9.97 Å². The Bertz CT molecular complexity index is 1770. The maximum Gasteiger partial charge on any atom is 0.213 e. The van der Waals surface area contributed by atoms with E-state index in [-0.39, 0.29) is 0 Å². The molecule has 1 N–H and O–H groups in total. The molecule has 0 aliphatic carbocycles. The number of benzene rings is 2. The maximum atomic E-state index is 5.95. The molecule has 248 valence electrons. The molecular formula is C38H41N5O5. The number of nitrogens with one attached hydrogen (secondary N) is 1. The van der Waals surface area contributed by atoms with Crippen LogP contribution in [0.3, 0.4) is 0 Å². The highest BCUT2D eigenvalue weighted by Gasteiger charge is 2.18. The zero-order chi connectivity index (χ0) is 33.1. The van der Waals surface area contributed by atoms with Crippen molar-refractivity contribution in [3.63, 3.8) is 0 Å². The van der Waals surface area contributed by atoms with Crippen molar-refractivity contribution in [2.75, 3.05) is 39.3 Å². The third-order valence-electron chi connectivity index (χ3n) is 8.39. The Morgan fingerprint density at radius 2 is 1.23 bits per heavy atom. The summed E-state index contributed by atoms with van der Waals surface area (Å²) in [6.07, 6.45) is 7.36. The molecule has 5 aromatic rings. The van der Waals surface area contributed by atoms with E-state index in [1.54, 1.807) is 33.7 Å². The Morgan fingerprint density at radius 3 is 1.79 bits per heavy atom. The summed E-state index contributed by atoms with van der Waals surface area (Å²) in [5.74, 6) is 3.87. The second kappa shape index (κ2) is 16.0. The fraction of sp³-hybridized carbons (Fsp3) is 0.289. The second-order valence-electron chi connectivity index (χ2n) is 11.5. The quantitative estimate of drug-likeness (QED) is 0.196. The Kier molecular flexibility index (Phi) is 10.8. The lowest BCUT2D eigenvalue weighted by Gasteiger charge is -2.30. The minimum absolute atomic E-state index is 0.425. The van der Waals surface area contributed by atoms with Gasteiger partial charge in [-0.05, 0) is 96.2 Å². The molecule has 5 heterocycles. The van der Waals surface area contributed by atoms with Crippen molar-refractivity contribution in [2.24, 2.45) is 0 Å². The number of anilines is 1. The van der Waals surface area contributed by atoms with E-state index in [1.165, 1.54) is 22.3 Å². The largest absolute Gasteiger partial charge is 0.495 e. The minimum Gasteiger partial charge on any atom is -0.495 e. The van der Waals surface area contributed by atoms with Gasteiger partial charge in [0.15, 0.2) is 0 Å². The summed E-state index contributed by atoms with van der Waals surface area (Å²) in [5.41, 5.74) is 8.25. The molecule has 0 unspecified atom stereocenters. The van der Waals surface area contributed by atoms with Gasteiger partial charge in [0.1, 0.15) is 36.2 Å². The van der Waals surface area contributed by atoms with E-state index in [9.17, 15) is 0 Å². The van der Waals surface area contributed by atoms with Crippen LogP contribution >= 0.6 is 0 Å². The smallest absolute Gasteiger partial charge is 0.213 e. The van der Waals surface area contributed by atoms with Crippen LogP contribution in [0.4, 0.5) is 5.69 Å². The van der Waals surface area contributed by atoms with E-state index in [4.69, 9.17) is 23.7 Å². The van der Waals surface area contributed by atoms with Gasteiger partial charge in [0.25, 0.3) is 0 Å². The fourth-order valence-electron chi connectivity index (χ4n) is 5.62. The topological polar surface area (TPSA) is 100 Å². The first-order chi connectivity index (χ1) is 23.6. The van der Waals surface area contributed by atoms with Gasteiger partial charge in [-0.25, -0.2) is 4.98 Å². The summed E-state index contributed by atoms with van der Waals surface area (Å²) >= 11 is 0. The first kappa shape index (κ1) is 32.6. The van der Waals surface area contributed by atoms with Gasteiger partial charge in [0.2, 0.25) is 5.88 Å². The summed E-state index contributed by atoms with van der Waals surface area (Å²) < 4.78 is 27.1. The van der Waals surface area contributed by atoms with Crippen molar-refractivity contribution in [1.29, 1.82) is 0 Å². The Morgan fingerprint density at radius 1 is 0.604 bits per heavy atom. The molecule has 0 saturated heterocycles. The van der Waals surface area contributed by atoms with E-state index in [0.29, 0.717) is 19.1 Å². The van der Waals surface area contributed by atoms with Gasteiger partial charge >= 0.3 is 0 Å². The number of methoxy groups -OCH3 is 3. The van der Waals surface area contributed by atoms with Gasteiger partial charge in [0, 0.05) is 25.7 Å². The molecule has 2 aromatic carbocycles. The molecule has 10 heteroatoms. The molecule has 48 heavy (non-hydrogen) atoms. The minimum atomic E-state index is 0.425.